The molecule has 194 valence electrons. The molecule has 0 bridgehead atoms. The normalized spacial score (nSPS) is 17.1. The Morgan fingerprint density at radius 2 is 1.51 bits per heavy atom. The summed E-state index contributed by atoms with van der Waals surface area (Å²) in [4.78, 5) is 20.3. The summed E-state index contributed by atoms with van der Waals surface area (Å²) in [6.07, 6.45) is 1.89. The second-order valence-corrected chi connectivity index (χ2v) is 10.5. The average molecular weight is 498 g/mol. The Labute approximate surface area is 221 Å². The van der Waals surface area contributed by atoms with E-state index in [9.17, 15) is 4.79 Å². The number of hydrogen-bond acceptors (Lipinski definition) is 4. The van der Waals surface area contributed by atoms with Gasteiger partial charge in [0.1, 0.15) is 12.4 Å². The van der Waals surface area contributed by atoms with Gasteiger partial charge in [0.25, 0.3) is 0 Å². The number of nitrogens with zero attached hydrogens (tertiary/aromatic N) is 3. The topological polar surface area (TPSA) is 36.0 Å². The first kappa shape index (κ1) is 25.3. The van der Waals surface area contributed by atoms with Gasteiger partial charge in [-0.15, -0.1) is 0 Å². The third-order valence-corrected chi connectivity index (χ3v) is 8.00. The predicted molar refractivity (Wildman–Crippen MR) is 150 cm³/mol. The van der Waals surface area contributed by atoms with Crippen LogP contribution in [-0.2, 0) is 17.9 Å². The fourth-order valence-corrected chi connectivity index (χ4v) is 5.57. The smallest absolute Gasteiger partial charge is 0.225 e. The molecular weight excluding hydrogens is 458 g/mol. The molecule has 3 aromatic rings. The van der Waals surface area contributed by atoms with Gasteiger partial charge in [-0.1, -0.05) is 54.6 Å². The highest BCUT2D eigenvalue weighted by Gasteiger charge is 2.30. The van der Waals surface area contributed by atoms with Gasteiger partial charge in [-0.25, -0.2) is 0 Å². The Kier molecular flexibility index (Phi) is 8.10. The summed E-state index contributed by atoms with van der Waals surface area (Å²) in [5, 5.41) is 0. The number of carbonyl (C=O) groups is 1. The van der Waals surface area contributed by atoms with Gasteiger partial charge >= 0.3 is 0 Å². The summed E-state index contributed by atoms with van der Waals surface area (Å²) < 4.78 is 6.01. The number of carbonyl (C=O) groups excluding carboxylic acids is 1. The maximum atomic E-state index is 13.3. The number of aryl methyl sites for hydroxylation is 1. The molecule has 2 heterocycles. The maximum Gasteiger partial charge on any atom is 0.225 e. The number of rotatable bonds is 7. The summed E-state index contributed by atoms with van der Waals surface area (Å²) in [5.74, 6) is 1.42. The van der Waals surface area contributed by atoms with Crippen LogP contribution in [0.3, 0.4) is 0 Å². The van der Waals surface area contributed by atoms with Gasteiger partial charge < -0.3 is 14.5 Å². The lowest BCUT2D eigenvalue weighted by Gasteiger charge is -2.40. The first-order valence-corrected chi connectivity index (χ1v) is 13.6. The number of piperidine rings is 1. The van der Waals surface area contributed by atoms with Crippen LogP contribution in [0.1, 0.15) is 35.1 Å². The van der Waals surface area contributed by atoms with Gasteiger partial charge in [0.05, 0.1) is 0 Å². The van der Waals surface area contributed by atoms with Crippen molar-refractivity contribution in [3.8, 4) is 5.75 Å². The lowest BCUT2D eigenvalue weighted by Crippen LogP contribution is -2.51. The second kappa shape index (κ2) is 11.8. The molecule has 0 saturated carbocycles. The molecule has 2 aliphatic heterocycles. The molecule has 0 radical (unpaired) electrons. The van der Waals surface area contributed by atoms with Crippen molar-refractivity contribution in [2.45, 2.75) is 39.8 Å². The van der Waals surface area contributed by atoms with Gasteiger partial charge in [-0.3, -0.25) is 9.69 Å². The number of anilines is 1. The number of amides is 1. The highest BCUT2D eigenvalue weighted by atomic mass is 16.5. The van der Waals surface area contributed by atoms with Crippen molar-refractivity contribution < 1.29 is 9.53 Å². The van der Waals surface area contributed by atoms with Crippen molar-refractivity contribution in [1.82, 2.24) is 9.80 Å². The monoisotopic (exact) mass is 497 g/mol. The average Bonchev–Trinajstić information content (AvgIpc) is 2.94. The molecule has 1 amide bonds. The van der Waals surface area contributed by atoms with Crippen LogP contribution >= 0.6 is 0 Å². The number of piperazine rings is 1. The van der Waals surface area contributed by atoms with Crippen LogP contribution < -0.4 is 9.64 Å². The Balaban J connectivity index is 1.07. The molecule has 0 N–H and O–H groups in total. The molecule has 5 rings (SSSR count). The summed E-state index contributed by atoms with van der Waals surface area (Å²) in [6, 6.07) is 25.2. The third kappa shape index (κ3) is 6.34. The molecule has 0 unspecified atom stereocenters. The largest absolute Gasteiger partial charge is 0.489 e. The summed E-state index contributed by atoms with van der Waals surface area (Å²) >= 11 is 0. The SMILES string of the molecule is Cc1cccc(N2CCN(C(=O)C3CCN(Cc4cccc(OCc5ccccc5)c4)CC3)CC2)c1C. The molecular formula is C32H39N3O2. The highest BCUT2D eigenvalue weighted by molar-refractivity contribution is 5.79. The number of hydrogen-bond donors (Lipinski definition) is 0. The Morgan fingerprint density at radius 1 is 0.811 bits per heavy atom. The van der Waals surface area contributed by atoms with E-state index in [1.807, 2.05) is 24.3 Å². The minimum atomic E-state index is 0.157. The van der Waals surface area contributed by atoms with E-state index >= 15 is 0 Å². The summed E-state index contributed by atoms with van der Waals surface area (Å²) in [6.45, 7) is 11.3. The number of ether oxygens (including phenoxy) is 1. The molecule has 3 aromatic carbocycles. The second-order valence-electron chi connectivity index (χ2n) is 10.5. The van der Waals surface area contributed by atoms with Crippen LogP contribution in [0.15, 0.2) is 72.8 Å². The molecule has 2 aliphatic rings. The van der Waals surface area contributed by atoms with Crippen molar-refractivity contribution in [1.29, 1.82) is 0 Å². The quantitative estimate of drug-likeness (QED) is 0.435. The Bertz CT molecular complexity index is 1180. The lowest BCUT2D eigenvalue weighted by atomic mass is 9.94. The summed E-state index contributed by atoms with van der Waals surface area (Å²) in [5.41, 5.74) is 6.43. The first-order valence-electron chi connectivity index (χ1n) is 13.6. The van der Waals surface area contributed by atoms with Crippen molar-refractivity contribution in [2.75, 3.05) is 44.2 Å². The van der Waals surface area contributed by atoms with Crippen LogP contribution in [0, 0.1) is 19.8 Å². The van der Waals surface area contributed by atoms with Crippen LogP contribution in [-0.4, -0.2) is 55.0 Å². The van der Waals surface area contributed by atoms with E-state index in [1.54, 1.807) is 0 Å². The predicted octanol–water partition coefficient (Wildman–Crippen LogP) is 5.44. The van der Waals surface area contributed by atoms with Gasteiger partial charge in [0.15, 0.2) is 0 Å². The van der Waals surface area contributed by atoms with E-state index in [0.717, 1.165) is 64.4 Å². The molecule has 0 aromatic heterocycles. The maximum absolute atomic E-state index is 13.3. The van der Waals surface area contributed by atoms with Crippen molar-refractivity contribution in [3.63, 3.8) is 0 Å². The van der Waals surface area contributed by atoms with Gasteiger partial charge in [-0.05, 0) is 80.2 Å². The van der Waals surface area contributed by atoms with Crippen LogP contribution in [0.25, 0.3) is 0 Å². The van der Waals surface area contributed by atoms with Crippen LogP contribution in [0.5, 0.6) is 5.75 Å². The molecule has 0 aliphatic carbocycles. The first-order chi connectivity index (χ1) is 18.1. The zero-order valence-corrected chi connectivity index (χ0v) is 22.2. The van der Waals surface area contributed by atoms with Crippen molar-refractivity contribution >= 4 is 11.6 Å². The van der Waals surface area contributed by atoms with E-state index in [4.69, 9.17) is 4.74 Å². The third-order valence-electron chi connectivity index (χ3n) is 8.00. The van der Waals surface area contributed by atoms with E-state index in [-0.39, 0.29) is 5.92 Å². The minimum absolute atomic E-state index is 0.157. The molecule has 2 fully saturated rings. The Morgan fingerprint density at radius 3 is 2.27 bits per heavy atom. The minimum Gasteiger partial charge on any atom is -0.489 e. The molecule has 0 atom stereocenters. The van der Waals surface area contributed by atoms with E-state index in [0.29, 0.717) is 12.5 Å². The number of likely N-dealkylation sites (tertiary alicyclic amines) is 1. The molecule has 5 nitrogen and oxygen atoms in total. The highest BCUT2D eigenvalue weighted by Crippen LogP contribution is 2.26. The fourth-order valence-electron chi connectivity index (χ4n) is 5.57. The van der Waals surface area contributed by atoms with Crippen LogP contribution in [0.2, 0.25) is 0 Å². The lowest BCUT2D eigenvalue weighted by molar-refractivity contribution is -0.137. The molecule has 5 heteroatoms. The van der Waals surface area contributed by atoms with Crippen molar-refractivity contribution in [2.24, 2.45) is 5.92 Å². The Hall–Kier alpha value is -3.31. The molecule has 0 spiro atoms. The zero-order chi connectivity index (χ0) is 25.6. The standard InChI is InChI=1S/C32H39N3O2/c1-25-8-6-13-31(26(25)2)34-18-20-35(21-19-34)32(36)29-14-16-33(17-15-29)23-28-11-7-12-30(22-28)37-24-27-9-4-3-5-10-27/h3-13,22,29H,14-21,23-24H2,1-2H3. The van der Waals surface area contributed by atoms with Gasteiger partial charge in [0.2, 0.25) is 5.91 Å². The van der Waals surface area contributed by atoms with Crippen LogP contribution in [0.4, 0.5) is 5.69 Å². The zero-order valence-electron chi connectivity index (χ0n) is 22.2. The molecule has 37 heavy (non-hydrogen) atoms. The van der Waals surface area contributed by atoms with E-state index in [2.05, 4.69) is 77.1 Å². The van der Waals surface area contributed by atoms with E-state index in [1.165, 1.54) is 27.9 Å². The van der Waals surface area contributed by atoms with Gasteiger partial charge in [-0.2, -0.15) is 0 Å². The molecule has 2 saturated heterocycles. The van der Waals surface area contributed by atoms with Gasteiger partial charge in [0, 0.05) is 44.3 Å². The fraction of sp³-hybridized carbons (Fsp3) is 0.406. The van der Waals surface area contributed by atoms with Crippen molar-refractivity contribution in [3.05, 3.63) is 95.1 Å². The van der Waals surface area contributed by atoms with E-state index < -0.39 is 0 Å². The summed E-state index contributed by atoms with van der Waals surface area (Å²) in [7, 11) is 0. The number of benzene rings is 3.